The molecule has 3 rings (SSSR count). The van der Waals surface area contributed by atoms with Gasteiger partial charge < -0.3 is 14.6 Å². The van der Waals surface area contributed by atoms with Crippen molar-refractivity contribution < 1.29 is 14.6 Å². The first-order valence-electron chi connectivity index (χ1n) is 8.95. The fraction of sp³-hybridized carbons (Fsp3) is 0.429. The van der Waals surface area contributed by atoms with Gasteiger partial charge in [0.2, 0.25) is 0 Å². The number of aliphatic hydroxyl groups excluding tert-OH is 1. The van der Waals surface area contributed by atoms with Crippen LogP contribution < -0.4 is 10.4 Å². The van der Waals surface area contributed by atoms with Crippen LogP contribution in [0.3, 0.4) is 0 Å². The van der Waals surface area contributed by atoms with Crippen LogP contribution in [0.15, 0.2) is 60.7 Å². The Morgan fingerprint density at radius 1 is 0.960 bits per heavy atom. The lowest BCUT2D eigenvalue weighted by molar-refractivity contribution is -0.0269. The van der Waals surface area contributed by atoms with Crippen molar-refractivity contribution in [2.24, 2.45) is 0 Å². The molecule has 0 saturated heterocycles. The van der Waals surface area contributed by atoms with Crippen molar-refractivity contribution in [1.82, 2.24) is 0 Å². The molecular formula is C21H28O3Si. The fourth-order valence-electron chi connectivity index (χ4n) is 3.58. The molecule has 25 heavy (non-hydrogen) atoms. The summed E-state index contributed by atoms with van der Waals surface area (Å²) in [7, 11) is -2.63. The summed E-state index contributed by atoms with van der Waals surface area (Å²) in [6, 6.07) is 20.7. The van der Waals surface area contributed by atoms with Gasteiger partial charge in [-0.3, -0.25) is 0 Å². The number of hydrogen-bond donors (Lipinski definition) is 2. The molecule has 0 aromatic heterocycles. The number of aliphatic hydroxyl groups is 2. The van der Waals surface area contributed by atoms with Crippen molar-refractivity contribution >= 4 is 18.7 Å². The van der Waals surface area contributed by atoms with Crippen LogP contribution in [0, 0.1) is 0 Å². The van der Waals surface area contributed by atoms with E-state index in [1.54, 1.807) is 0 Å². The summed E-state index contributed by atoms with van der Waals surface area (Å²) in [4.78, 5) is 0. The Hall–Kier alpha value is -1.46. The van der Waals surface area contributed by atoms with Crippen molar-refractivity contribution in [3.63, 3.8) is 0 Å². The number of hydrogen-bond acceptors (Lipinski definition) is 3. The zero-order valence-electron chi connectivity index (χ0n) is 15.3. The SMILES string of the molecule is CC(C)(C)[Si](OCC(O)C1(O)CC1)(c1ccccc1)c1ccccc1. The van der Waals surface area contributed by atoms with E-state index in [-0.39, 0.29) is 11.6 Å². The molecule has 134 valence electrons. The normalized spacial score (nSPS) is 18.0. The van der Waals surface area contributed by atoms with Gasteiger partial charge in [0, 0.05) is 0 Å². The lowest BCUT2D eigenvalue weighted by atomic mass is 10.2. The summed E-state index contributed by atoms with van der Waals surface area (Å²) in [5.74, 6) is 0. The van der Waals surface area contributed by atoms with Crippen LogP contribution in [-0.4, -0.2) is 36.8 Å². The molecule has 0 spiro atoms. The average Bonchev–Trinajstić information content (AvgIpc) is 3.35. The van der Waals surface area contributed by atoms with Gasteiger partial charge in [0.25, 0.3) is 8.32 Å². The topological polar surface area (TPSA) is 49.7 Å². The van der Waals surface area contributed by atoms with Gasteiger partial charge in [0.15, 0.2) is 0 Å². The predicted molar refractivity (Wildman–Crippen MR) is 104 cm³/mol. The molecule has 3 nitrogen and oxygen atoms in total. The first-order valence-corrected chi connectivity index (χ1v) is 10.9. The number of benzene rings is 2. The van der Waals surface area contributed by atoms with Gasteiger partial charge in [-0.15, -0.1) is 0 Å². The van der Waals surface area contributed by atoms with Gasteiger partial charge >= 0.3 is 0 Å². The van der Waals surface area contributed by atoms with E-state index in [1.807, 2.05) is 36.4 Å². The van der Waals surface area contributed by atoms with Gasteiger partial charge in [0.1, 0.15) is 6.10 Å². The second kappa shape index (κ2) is 6.69. The minimum atomic E-state index is -2.63. The third kappa shape index (κ3) is 3.44. The molecular weight excluding hydrogens is 328 g/mol. The minimum Gasteiger partial charge on any atom is -0.405 e. The van der Waals surface area contributed by atoms with Gasteiger partial charge in [-0.05, 0) is 28.3 Å². The molecule has 1 unspecified atom stereocenters. The molecule has 0 aliphatic heterocycles. The first kappa shape index (κ1) is 18.3. The molecule has 2 aromatic rings. The quantitative estimate of drug-likeness (QED) is 0.782. The predicted octanol–water partition coefficient (Wildman–Crippen LogP) is 2.45. The summed E-state index contributed by atoms with van der Waals surface area (Å²) in [6.07, 6.45) is 0.463. The van der Waals surface area contributed by atoms with Crippen molar-refractivity contribution in [1.29, 1.82) is 0 Å². The van der Waals surface area contributed by atoms with Crippen LogP contribution in [0.2, 0.25) is 5.04 Å². The molecule has 1 atom stereocenters. The van der Waals surface area contributed by atoms with E-state index >= 15 is 0 Å². The Balaban J connectivity index is 2.05. The van der Waals surface area contributed by atoms with E-state index in [1.165, 1.54) is 10.4 Å². The Bertz CT molecular complexity index is 651. The number of rotatable bonds is 6. The maximum Gasteiger partial charge on any atom is 0.261 e. The molecule has 1 aliphatic carbocycles. The summed E-state index contributed by atoms with van der Waals surface area (Å²) in [5, 5.41) is 22.9. The van der Waals surface area contributed by atoms with Crippen molar-refractivity contribution in [2.75, 3.05) is 6.61 Å². The molecule has 1 fully saturated rings. The van der Waals surface area contributed by atoms with E-state index in [9.17, 15) is 10.2 Å². The van der Waals surface area contributed by atoms with Crippen molar-refractivity contribution in [3.8, 4) is 0 Å². The molecule has 2 aromatic carbocycles. The molecule has 0 bridgehead atoms. The van der Waals surface area contributed by atoms with Crippen molar-refractivity contribution in [3.05, 3.63) is 60.7 Å². The van der Waals surface area contributed by atoms with Crippen LogP contribution in [0.1, 0.15) is 33.6 Å². The Kier molecular flexibility index (Phi) is 4.90. The van der Waals surface area contributed by atoms with E-state index in [2.05, 4.69) is 45.0 Å². The second-order valence-electron chi connectivity index (χ2n) is 8.09. The molecule has 0 heterocycles. The summed E-state index contributed by atoms with van der Waals surface area (Å²) >= 11 is 0. The molecule has 2 N–H and O–H groups in total. The maximum atomic E-state index is 10.4. The standard InChI is InChI=1S/C21H28O3Si/c1-20(2,3)25(17-10-6-4-7-11-17,18-12-8-5-9-13-18)24-16-19(22)21(23)14-15-21/h4-13,19,22-23H,14-16H2,1-3H3. The fourth-order valence-corrected chi connectivity index (χ4v) is 8.15. The highest BCUT2D eigenvalue weighted by molar-refractivity contribution is 6.99. The molecule has 1 aliphatic rings. The molecule has 0 amide bonds. The summed E-state index contributed by atoms with van der Waals surface area (Å²) in [6.45, 7) is 6.77. The Morgan fingerprint density at radius 2 is 1.40 bits per heavy atom. The first-order chi connectivity index (χ1) is 11.8. The smallest absolute Gasteiger partial charge is 0.261 e. The third-order valence-corrected chi connectivity index (χ3v) is 10.3. The minimum absolute atomic E-state index is 0.123. The zero-order valence-corrected chi connectivity index (χ0v) is 16.3. The summed E-state index contributed by atoms with van der Waals surface area (Å²) in [5.41, 5.74) is -0.953. The van der Waals surface area contributed by atoms with E-state index in [4.69, 9.17) is 4.43 Å². The van der Waals surface area contributed by atoms with Crippen LogP contribution in [0.5, 0.6) is 0 Å². The van der Waals surface area contributed by atoms with Crippen LogP contribution in [0.4, 0.5) is 0 Å². The van der Waals surface area contributed by atoms with Crippen LogP contribution in [-0.2, 0) is 4.43 Å². The van der Waals surface area contributed by atoms with Crippen LogP contribution in [0.25, 0.3) is 0 Å². The third-order valence-electron chi connectivity index (χ3n) is 5.26. The van der Waals surface area contributed by atoms with E-state index < -0.39 is 20.0 Å². The molecule has 0 radical (unpaired) electrons. The van der Waals surface area contributed by atoms with Crippen LogP contribution >= 0.6 is 0 Å². The molecule has 4 heteroatoms. The monoisotopic (exact) mass is 356 g/mol. The highest BCUT2D eigenvalue weighted by Crippen LogP contribution is 2.41. The zero-order chi connectivity index (χ0) is 18.1. The van der Waals surface area contributed by atoms with Gasteiger partial charge in [-0.1, -0.05) is 81.4 Å². The second-order valence-corrected chi connectivity index (χ2v) is 12.4. The highest BCUT2D eigenvalue weighted by atomic mass is 28.4. The maximum absolute atomic E-state index is 10.4. The summed E-state index contributed by atoms with van der Waals surface area (Å²) < 4.78 is 6.62. The van der Waals surface area contributed by atoms with Gasteiger partial charge in [0.05, 0.1) is 12.2 Å². The highest BCUT2D eigenvalue weighted by Gasteiger charge is 2.53. The van der Waals surface area contributed by atoms with E-state index in [0.29, 0.717) is 12.8 Å². The molecule has 1 saturated carbocycles. The van der Waals surface area contributed by atoms with Gasteiger partial charge in [-0.25, -0.2) is 0 Å². The Labute approximate surface area is 151 Å². The lowest BCUT2D eigenvalue weighted by Crippen LogP contribution is -2.67. The van der Waals surface area contributed by atoms with E-state index in [0.717, 1.165) is 0 Å². The largest absolute Gasteiger partial charge is 0.405 e. The van der Waals surface area contributed by atoms with Gasteiger partial charge in [-0.2, -0.15) is 0 Å². The Morgan fingerprint density at radius 3 is 1.76 bits per heavy atom. The average molecular weight is 357 g/mol. The van der Waals surface area contributed by atoms with Crippen molar-refractivity contribution in [2.45, 2.75) is 50.4 Å². The lowest BCUT2D eigenvalue weighted by Gasteiger charge is -2.43.